The fourth-order valence-corrected chi connectivity index (χ4v) is 3.80. The van der Waals surface area contributed by atoms with Gasteiger partial charge in [0.05, 0.1) is 11.4 Å². The average molecular weight is 419 g/mol. The smallest absolute Gasteiger partial charge is 0.330 e. The van der Waals surface area contributed by atoms with Gasteiger partial charge in [-0.1, -0.05) is 24.3 Å². The predicted octanol–water partition coefficient (Wildman–Crippen LogP) is 3.03. The largest absolute Gasteiger partial charge is 0.339 e. The molecular weight excluding hydrogens is 394 g/mol. The zero-order chi connectivity index (χ0) is 21.8. The SMILES string of the molecule is Cc1c[nH]c(=O)n1-c1ccccc1NC(=O)NCc1cccc(C(=O)N2CCCC2)c1. The van der Waals surface area contributed by atoms with E-state index >= 15 is 0 Å². The second-order valence-electron chi connectivity index (χ2n) is 7.60. The number of H-pyrrole nitrogens is 1. The summed E-state index contributed by atoms with van der Waals surface area (Å²) >= 11 is 0. The number of carbonyl (C=O) groups excluding carboxylic acids is 2. The van der Waals surface area contributed by atoms with E-state index in [-0.39, 0.29) is 18.1 Å². The van der Waals surface area contributed by atoms with E-state index in [2.05, 4.69) is 15.6 Å². The van der Waals surface area contributed by atoms with Gasteiger partial charge in [0.15, 0.2) is 0 Å². The van der Waals surface area contributed by atoms with Crippen LogP contribution in [0.25, 0.3) is 5.69 Å². The summed E-state index contributed by atoms with van der Waals surface area (Å²) in [4.78, 5) is 41.7. The molecule has 1 aliphatic heterocycles. The number of benzene rings is 2. The molecule has 8 nitrogen and oxygen atoms in total. The predicted molar refractivity (Wildman–Crippen MR) is 119 cm³/mol. The number of nitrogens with zero attached hydrogens (tertiary/aromatic N) is 2. The van der Waals surface area contributed by atoms with E-state index in [1.54, 1.807) is 36.5 Å². The van der Waals surface area contributed by atoms with Gasteiger partial charge in [-0.2, -0.15) is 0 Å². The van der Waals surface area contributed by atoms with Gasteiger partial charge < -0.3 is 20.5 Å². The Hall–Kier alpha value is -3.81. The maximum Gasteiger partial charge on any atom is 0.330 e. The molecule has 0 aliphatic carbocycles. The second-order valence-corrected chi connectivity index (χ2v) is 7.60. The zero-order valence-corrected chi connectivity index (χ0v) is 17.4. The maximum atomic E-state index is 12.6. The molecule has 3 N–H and O–H groups in total. The molecule has 0 unspecified atom stereocenters. The number of urea groups is 1. The van der Waals surface area contributed by atoms with Crippen LogP contribution in [0.15, 0.2) is 59.5 Å². The first-order valence-corrected chi connectivity index (χ1v) is 10.3. The molecule has 0 spiro atoms. The summed E-state index contributed by atoms with van der Waals surface area (Å²) in [6.45, 7) is 3.68. The third kappa shape index (κ3) is 4.53. The van der Waals surface area contributed by atoms with Crippen LogP contribution >= 0.6 is 0 Å². The summed E-state index contributed by atoms with van der Waals surface area (Å²) in [6.07, 6.45) is 3.71. The van der Waals surface area contributed by atoms with Crippen LogP contribution in [-0.4, -0.2) is 39.5 Å². The van der Waals surface area contributed by atoms with Crippen LogP contribution in [0.1, 0.15) is 34.5 Å². The van der Waals surface area contributed by atoms with E-state index in [1.165, 1.54) is 4.57 Å². The number of hydrogen-bond acceptors (Lipinski definition) is 3. The molecule has 1 fully saturated rings. The number of hydrogen-bond donors (Lipinski definition) is 3. The summed E-state index contributed by atoms with van der Waals surface area (Å²) in [7, 11) is 0. The number of amides is 3. The molecule has 0 atom stereocenters. The monoisotopic (exact) mass is 419 g/mol. The van der Waals surface area contributed by atoms with Crippen molar-refractivity contribution in [3.05, 3.63) is 82.0 Å². The molecule has 1 aromatic heterocycles. The number of rotatable bonds is 5. The highest BCUT2D eigenvalue weighted by molar-refractivity contribution is 5.94. The fraction of sp³-hybridized carbons (Fsp3) is 0.261. The maximum absolute atomic E-state index is 12.6. The van der Waals surface area contributed by atoms with Crippen molar-refractivity contribution in [3.63, 3.8) is 0 Å². The lowest BCUT2D eigenvalue weighted by atomic mass is 10.1. The van der Waals surface area contributed by atoms with Gasteiger partial charge in [-0.3, -0.25) is 9.36 Å². The lowest BCUT2D eigenvalue weighted by Crippen LogP contribution is -2.30. The van der Waals surface area contributed by atoms with Gasteiger partial charge in [0.25, 0.3) is 5.91 Å². The number of para-hydroxylation sites is 2. The average Bonchev–Trinajstić information content (AvgIpc) is 3.43. The van der Waals surface area contributed by atoms with Crippen LogP contribution in [0, 0.1) is 6.92 Å². The summed E-state index contributed by atoms with van der Waals surface area (Å²) < 4.78 is 1.50. The Bertz CT molecular complexity index is 1160. The molecule has 1 saturated heterocycles. The molecule has 0 radical (unpaired) electrons. The first kappa shape index (κ1) is 20.5. The minimum Gasteiger partial charge on any atom is -0.339 e. The Morgan fingerprint density at radius 2 is 1.84 bits per heavy atom. The molecule has 4 rings (SSSR count). The van der Waals surface area contributed by atoms with E-state index in [4.69, 9.17) is 0 Å². The van der Waals surface area contributed by atoms with Gasteiger partial charge in [-0.05, 0) is 49.6 Å². The molecule has 31 heavy (non-hydrogen) atoms. The van der Waals surface area contributed by atoms with Gasteiger partial charge in [-0.15, -0.1) is 0 Å². The minimum atomic E-state index is -0.398. The molecule has 160 valence electrons. The summed E-state index contributed by atoms with van der Waals surface area (Å²) in [6, 6.07) is 14.0. The van der Waals surface area contributed by atoms with Gasteiger partial charge in [0, 0.05) is 37.1 Å². The first-order valence-electron chi connectivity index (χ1n) is 10.3. The van der Waals surface area contributed by atoms with Crippen molar-refractivity contribution in [2.24, 2.45) is 0 Å². The number of anilines is 1. The van der Waals surface area contributed by atoms with Crippen LogP contribution in [0.4, 0.5) is 10.5 Å². The van der Waals surface area contributed by atoms with Crippen molar-refractivity contribution in [2.75, 3.05) is 18.4 Å². The molecule has 3 aromatic rings. The van der Waals surface area contributed by atoms with Crippen LogP contribution < -0.4 is 16.3 Å². The molecular formula is C23H25N5O3. The topological polar surface area (TPSA) is 99.2 Å². The number of nitrogens with one attached hydrogen (secondary N) is 3. The highest BCUT2D eigenvalue weighted by Gasteiger charge is 2.19. The molecule has 1 aliphatic rings. The van der Waals surface area contributed by atoms with Gasteiger partial charge in [0.1, 0.15) is 0 Å². The fourth-order valence-electron chi connectivity index (χ4n) is 3.80. The molecule has 0 saturated carbocycles. The van der Waals surface area contributed by atoms with Crippen molar-refractivity contribution in [3.8, 4) is 5.69 Å². The number of carbonyl (C=O) groups is 2. The Labute approximate surface area is 179 Å². The number of likely N-dealkylation sites (tertiary alicyclic amines) is 1. The second kappa shape index (κ2) is 8.91. The van der Waals surface area contributed by atoms with Crippen LogP contribution in [0.3, 0.4) is 0 Å². The van der Waals surface area contributed by atoms with Crippen LogP contribution in [0.5, 0.6) is 0 Å². The molecule has 0 bridgehead atoms. The quantitative estimate of drug-likeness (QED) is 0.593. The van der Waals surface area contributed by atoms with E-state index in [0.717, 1.165) is 37.2 Å². The molecule has 8 heteroatoms. The van der Waals surface area contributed by atoms with E-state index in [9.17, 15) is 14.4 Å². The Morgan fingerprint density at radius 1 is 1.06 bits per heavy atom. The van der Waals surface area contributed by atoms with Crippen molar-refractivity contribution >= 4 is 17.6 Å². The van der Waals surface area contributed by atoms with Gasteiger partial charge in [0.2, 0.25) is 0 Å². The highest BCUT2D eigenvalue weighted by Crippen LogP contribution is 2.20. The first-order chi connectivity index (χ1) is 15.0. The highest BCUT2D eigenvalue weighted by atomic mass is 16.2. The lowest BCUT2D eigenvalue weighted by molar-refractivity contribution is 0.0792. The number of aromatic nitrogens is 2. The lowest BCUT2D eigenvalue weighted by Gasteiger charge is -2.16. The summed E-state index contributed by atoms with van der Waals surface area (Å²) in [5.74, 6) is 0.0324. The Kier molecular flexibility index (Phi) is 5.88. The van der Waals surface area contributed by atoms with E-state index in [1.807, 2.05) is 30.0 Å². The van der Waals surface area contributed by atoms with Crippen molar-refractivity contribution < 1.29 is 9.59 Å². The number of aryl methyl sites for hydroxylation is 1. The summed E-state index contributed by atoms with van der Waals surface area (Å²) in [5, 5.41) is 5.62. The Balaban J connectivity index is 1.42. The Morgan fingerprint density at radius 3 is 2.58 bits per heavy atom. The van der Waals surface area contributed by atoms with Crippen LogP contribution in [0.2, 0.25) is 0 Å². The van der Waals surface area contributed by atoms with E-state index < -0.39 is 6.03 Å². The number of imidazole rings is 1. The zero-order valence-electron chi connectivity index (χ0n) is 17.4. The van der Waals surface area contributed by atoms with Crippen molar-refractivity contribution in [1.29, 1.82) is 0 Å². The summed E-state index contributed by atoms with van der Waals surface area (Å²) in [5.41, 5.74) is 3.04. The molecule has 2 heterocycles. The minimum absolute atomic E-state index is 0.0324. The van der Waals surface area contributed by atoms with Crippen molar-refractivity contribution in [2.45, 2.75) is 26.3 Å². The standard InChI is InChI=1S/C23H25N5O3/c1-16-14-25-23(31)28(16)20-10-3-2-9-19(20)26-22(30)24-15-17-7-6-8-18(13-17)21(29)27-11-4-5-12-27/h2-3,6-10,13-14H,4-5,11-12,15H2,1H3,(H,25,31)(H2,24,26,30). The molecule has 3 amide bonds. The third-order valence-electron chi connectivity index (χ3n) is 5.37. The molecule has 2 aromatic carbocycles. The number of aromatic amines is 1. The van der Waals surface area contributed by atoms with Crippen molar-refractivity contribution in [1.82, 2.24) is 19.8 Å². The third-order valence-corrected chi connectivity index (χ3v) is 5.37. The van der Waals surface area contributed by atoms with E-state index in [0.29, 0.717) is 16.9 Å². The van der Waals surface area contributed by atoms with Gasteiger partial charge >= 0.3 is 11.7 Å². The normalized spacial score (nSPS) is 13.3. The van der Waals surface area contributed by atoms with Gasteiger partial charge in [-0.25, -0.2) is 9.59 Å². The van der Waals surface area contributed by atoms with Crippen LogP contribution in [-0.2, 0) is 6.54 Å².